The van der Waals surface area contributed by atoms with Gasteiger partial charge < -0.3 is 29.5 Å². The largest absolute Gasteiger partial charge is 0.497 e. The van der Waals surface area contributed by atoms with E-state index in [4.69, 9.17) is 9.47 Å². The van der Waals surface area contributed by atoms with Crippen LogP contribution in [0.2, 0.25) is 0 Å². The van der Waals surface area contributed by atoms with E-state index in [-0.39, 0.29) is 6.54 Å². The third-order valence-corrected chi connectivity index (χ3v) is 8.77. The molecule has 3 aliphatic heterocycles. The van der Waals surface area contributed by atoms with Gasteiger partial charge in [-0.05, 0) is 49.1 Å². The number of anilines is 1. The summed E-state index contributed by atoms with van der Waals surface area (Å²) in [5, 5.41) is 20.9. The van der Waals surface area contributed by atoms with Crippen LogP contribution in [0.1, 0.15) is 37.8 Å². The van der Waals surface area contributed by atoms with Crippen molar-refractivity contribution in [1.29, 1.82) is 0 Å². The van der Waals surface area contributed by atoms with Crippen molar-refractivity contribution in [1.82, 2.24) is 4.90 Å². The lowest BCUT2D eigenvalue weighted by molar-refractivity contribution is -0.157. The van der Waals surface area contributed by atoms with Crippen LogP contribution in [0.25, 0.3) is 0 Å². The van der Waals surface area contributed by atoms with Gasteiger partial charge in [0.2, 0.25) is 5.91 Å². The predicted molar refractivity (Wildman–Crippen MR) is 143 cm³/mol. The lowest BCUT2D eigenvalue weighted by atomic mass is 9.65. The number of hydrogen-bond donors (Lipinski definition) is 2. The lowest BCUT2D eigenvalue weighted by Gasteiger charge is -2.39. The standard InChI is InChI=1S/C30H34N2O7/c1-4-17-31(20-11-13-21(38-3)14-12-20)27(35)25-30-16-15-29(5-2,39-30)24(28(36)37)23(30)26(34)32(25)22(18-33)19-9-7-6-8-10-19/h4,6-14,22-25,33H,1,5,15-18H2,2-3H3,(H,36,37)/t22-,23+,24+,25?,29-,30?/m1/s1. The fourth-order valence-electron chi connectivity index (χ4n) is 7.04. The Labute approximate surface area is 227 Å². The zero-order valence-electron chi connectivity index (χ0n) is 22.2. The molecular formula is C30H34N2O7. The van der Waals surface area contributed by atoms with E-state index < -0.39 is 59.5 Å². The second-order valence-electron chi connectivity index (χ2n) is 10.5. The number of likely N-dealkylation sites (tertiary alicyclic amines) is 1. The molecule has 5 rings (SSSR count). The van der Waals surface area contributed by atoms with E-state index in [1.165, 1.54) is 9.80 Å². The maximum absolute atomic E-state index is 14.6. The summed E-state index contributed by atoms with van der Waals surface area (Å²) in [4.78, 5) is 44.5. The molecule has 2 aromatic carbocycles. The minimum Gasteiger partial charge on any atom is -0.497 e. The van der Waals surface area contributed by atoms with Crippen LogP contribution in [0.5, 0.6) is 5.75 Å². The number of benzene rings is 2. The molecule has 9 nitrogen and oxygen atoms in total. The van der Waals surface area contributed by atoms with E-state index in [2.05, 4.69) is 6.58 Å². The molecule has 0 radical (unpaired) electrons. The minimum absolute atomic E-state index is 0.154. The summed E-state index contributed by atoms with van der Waals surface area (Å²) in [6.45, 7) is 5.40. The SMILES string of the molecule is C=CCN(C(=O)C1N([C@H](CO)c2ccccc2)C(=O)[C@@H]2[C@@H](C(=O)O)[C@@]3(CC)CCC12O3)c1ccc(OC)cc1. The van der Waals surface area contributed by atoms with Crippen LogP contribution >= 0.6 is 0 Å². The first-order valence-electron chi connectivity index (χ1n) is 13.3. The summed E-state index contributed by atoms with van der Waals surface area (Å²) in [5.74, 6) is -3.51. The fraction of sp³-hybridized carbons (Fsp3) is 0.433. The van der Waals surface area contributed by atoms with E-state index >= 15 is 0 Å². The number of carboxylic acids is 1. The van der Waals surface area contributed by atoms with Gasteiger partial charge >= 0.3 is 5.97 Å². The number of aliphatic hydroxyl groups is 1. The molecule has 2 unspecified atom stereocenters. The summed E-state index contributed by atoms with van der Waals surface area (Å²) in [6.07, 6.45) is 2.80. The zero-order chi connectivity index (χ0) is 27.9. The van der Waals surface area contributed by atoms with E-state index in [0.29, 0.717) is 36.3 Å². The van der Waals surface area contributed by atoms with Gasteiger partial charge in [-0.15, -0.1) is 6.58 Å². The van der Waals surface area contributed by atoms with Crippen LogP contribution in [0.4, 0.5) is 5.69 Å². The highest BCUT2D eigenvalue weighted by molar-refractivity contribution is 6.05. The highest BCUT2D eigenvalue weighted by Crippen LogP contribution is 2.65. The monoisotopic (exact) mass is 534 g/mol. The number of nitrogens with zero attached hydrogens (tertiary/aromatic N) is 2. The van der Waals surface area contributed by atoms with Gasteiger partial charge in [0.25, 0.3) is 5.91 Å². The first-order valence-corrected chi connectivity index (χ1v) is 13.3. The van der Waals surface area contributed by atoms with Crippen molar-refractivity contribution in [3.05, 3.63) is 72.8 Å². The number of aliphatic carboxylic acids is 1. The van der Waals surface area contributed by atoms with Crippen LogP contribution in [-0.4, -0.2) is 70.4 Å². The van der Waals surface area contributed by atoms with Gasteiger partial charge in [0.1, 0.15) is 23.3 Å². The molecule has 0 aromatic heterocycles. The number of hydrogen-bond acceptors (Lipinski definition) is 6. The number of rotatable bonds is 10. The molecule has 0 saturated carbocycles. The van der Waals surface area contributed by atoms with Crippen LogP contribution in [0.3, 0.4) is 0 Å². The molecule has 39 heavy (non-hydrogen) atoms. The Morgan fingerprint density at radius 2 is 1.90 bits per heavy atom. The van der Waals surface area contributed by atoms with Crippen molar-refractivity contribution in [2.75, 3.05) is 25.2 Å². The molecule has 2 aromatic rings. The van der Waals surface area contributed by atoms with Gasteiger partial charge in [0.05, 0.1) is 31.3 Å². The van der Waals surface area contributed by atoms with Gasteiger partial charge in [0, 0.05) is 12.2 Å². The Morgan fingerprint density at radius 1 is 1.21 bits per heavy atom. The van der Waals surface area contributed by atoms with E-state index in [0.717, 1.165) is 0 Å². The second-order valence-corrected chi connectivity index (χ2v) is 10.5. The van der Waals surface area contributed by atoms with Gasteiger partial charge in [-0.2, -0.15) is 0 Å². The molecule has 2 amide bonds. The zero-order valence-corrected chi connectivity index (χ0v) is 22.2. The summed E-state index contributed by atoms with van der Waals surface area (Å²) in [7, 11) is 1.55. The van der Waals surface area contributed by atoms with Crippen molar-refractivity contribution < 1.29 is 34.1 Å². The topological polar surface area (TPSA) is 117 Å². The summed E-state index contributed by atoms with van der Waals surface area (Å²) in [6, 6.07) is 14.0. The third-order valence-electron chi connectivity index (χ3n) is 8.77. The maximum Gasteiger partial charge on any atom is 0.310 e. The Hall–Kier alpha value is -3.69. The Kier molecular flexibility index (Phi) is 6.99. The number of methoxy groups -OCH3 is 1. The molecule has 3 heterocycles. The minimum atomic E-state index is -1.33. The fourth-order valence-corrected chi connectivity index (χ4v) is 7.04. The molecule has 6 atom stereocenters. The van der Waals surface area contributed by atoms with Crippen LogP contribution in [0, 0.1) is 11.8 Å². The van der Waals surface area contributed by atoms with E-state index in [1.54, 1.807) is 61.7 Å². The van der Waals surface area contributed by atoms with Crippen molar-refractivity contribution in [3.8, 4) is 5.75 Å². The molecule has 3 saturated heterocycles. The van der Waals surface area contributed by atoms with Crippen molar-refractivity contribution >= 4 is 23.5 Å². The predicted octanol–water partition coefficient (Wildman–Crippen LogP) is 3.19. The molecule has 3 fully saturated rings. The molecule has 2 N–H and O–H groups in total. The number of carbonyl (C=O) groups excluding carboxylic acids is 2. The molecule has 0 aliphatic carbocycles. The van der Waals surface area contributed by atoms with Crippen molar-refractivity contribution in [2.45, 2.75) is 49.5 Å². The quantitative estimate of drug-likeness (QED) is 0.450. The Morgan fingerprint density at radius 3 is 2.46 bits per heavy atom. The molecule has 2 bridgehead atoms. The van der Waals surface area contributed by atoms with E-state index in [9.17, 15) is 24.6 Å². The van der Waals surface area contributed by atoms with Crippen LogP contribution in [-0.2, 0) is 19.1 Å². The molecular weight excluding hydrogens is 500 g/mol. The molecule has 3 aliphatic rings. The van der Waals surface area contributed by atoms with Crippen molar-refractivity contribution in [3.63, 3.8) is 0 Å². The third kappa shape index (κ3) is 3.94. The smallest absolute Gasteiger partial charge is 0.310 e. The Bertz CT molecular complexity index is 1270. The van der Waals surface area contributed by atoms with E-state index in [1.807, 2.05) is 13.0 Å². The summed E-state index contributed by atoms with van der Waals surface area (Å²) < 4.78 is 11.9. The average Bonchev–Trinajstić information content (AvgIpc) is 3.56. The van der Waals surface area contributed by atoms with Crippen molar-refractivity contribution in [2.24, 2.45) is 11.8 Å². The van der Waals surface area contributed by atoms with Crippen LogP contribution < -0.4 is 9.64 Å². The van der Waals surface area contributed by atoms with Gasteiger partial charge in [-0.25, -0.2) is 0 Å². The molecule has 1 spiro atoms. The van der Waals surface area contributed by atoms with Gasteiger partial charge in [-0.3, -0.25) is 14.4 Å². The number of amides is 2. The maximum atomic E-state index is 14.6. The average molecular weight is 535 g/mol. The molecule has 9 heteroatoms. The Balaban J connectivity index is 1.67. The summed E-state index contributed by atoms with van der Waals surface area (Å²) >= 11 is 0. The van der Waals surface area contributed by atoms with Gasteiger partial charge in [-0.1, -0.05) is 43.3 Å². The van der Waals surface area contributed by atoms with Gasteiger partial charge in [0.15, 0.2) is 0 Å². The normalized spacial score (nSPS) is 29.7. The number of aliphatic hydroxyl groups excluding tert-OH is 1. The first kappa shape index (κ1) is 26.9. The summed E-state index contributed by atoms with van der Waals surface area (Å²) in [5.41, 5.74) is -1.14. The number of carboxylic acid groups (broad SMARTS) is 1. The molecule has 206 valence electrons. The first-order chi connectivity index (χ1) is 18.8. The highest BCUT2D eigenvalue weighted by atomic mass is 16.5. The second kappa shape index (κ2) is 10.1. The number of carbonyl (C=O) groups is 3. The lowest BCUT2D eigenvalue weighted by Crippen LogP contribution is -2.57. The number of fused-ring (bicyclic) bond motifs is 1. The highest BCUT2D eigenvalue weighted by Gasteiger charge is 2.79. The number of ether oxygens (including phenoxy) is 2. The van der Waals surface area contributed by atoms with Crippen LogP contribution in [0.15, 0.2) is 67.3 Å².